The molecule has 0 fully saturated rings. The normalized spacial score (nSPS) is 9.76. The number of benzene rings is 1. The van der Waals surface area contributed by atoms with Gasteiger partial charge in [-0.1, -0.05) is 12.1 Å². The molecule has 1 rings (SSSR count). The van der Waals surface area contributed by atoms with Crippen LogP contribution in [0.15, 0.2) is 24.3 Å². The smallest absolute Gasteiger partial charge is 0.257 e. The van der Waals surface area contributed by atoms with Crippen molar-refractivity contribution in [2.45, 2.75) is 6.92 Å². The van der Waals surface area contributed by atoms with Crippen molar-refractivity contribution in [3.05, 3.63) is 29.8 Å². The third-order valence-corrected chi connectivity index (χ3v) is 2.08. The first-order chi connectivity index (χ1) is 8.13. The van der Waals surface area contributed by atoms with Gasteiger partial charge in [-0.15, -0.1) is 0 Å². The second-order valence-corrected chi connectivity index (χ2v) is 3.51. The Kier molecular flexibility index (Phi) is 5.16. The van der Waals surface area contributed by atoms with Crippen molar-refractivity contribution in [2.75, 3.05) is 19.7 Å². The summed E-state index contributed by atoms with van der Waals surface area (Å²) in [7, 11) is 0. The average Bonchev–Trinajstić information content (AvgIpc) is 2.34. The number of Topliss-reactive ketones (excluding diaryl/α,β-unsaturated/α-hetero) is 1. The Morgan fingerprint density at radius 2 is 2.18 bits per heavy atom. The number of nitrogens with two attached hydrogens (primary N) is 1. The van der Waals surface area contributed by atoms with Crippen LogP contribution >= 0.6 is 0 Å². The van der Waals surface area contributed by atoms with E-state index in [4.69, 9.17) is 10.5 Å². The molecule has 1 amide bonds. The van der Waals surface area contributed by atoms with Gasteiger partial charge in [-0.05, 0) is 19.1 Å². The summed E-state index contributed by atoms with van der Waals surface area (Å²) in [6.45, 7) is 2.22. The zero-order chi connectivity index (χ0) is 12.7. The van der Waals surface area contributed by atoms with Crippen LogP contribution in [0, 0.1) is 0 Å². The van der Waals surface area contributed by atoms with Crippen molar-refractivity contribution in [1.82, 2.24) is 5.32 Å². The molecule has 0 aromatic heterocycles. The number of rotatable bonds is 6. The summed E-state index contributed by atoms with van der Waals surface area (Å²) in [5.74, 6) is 0.229. The van der Waals surface area contributed by atoms with E-state index in [9.17, 15) is 9.59 Å². The van der Waals surface area contributed by atoms with E-state index in [2.05, 4.69) is 5.32 Å². The highest BCUT2D eigenvalue weighted by molar-refractivity contribution is 5.94. The molecular weight excluding hydrogens is 220 g/mol. The standard InChI is InChI=1S/C12H16N2O3/c1-9(15)10-3-2-4-11(7-10)17-8-12(16)14-6-5-13/h2-4,7H,5-6,8,13H2,1H3,(H,14,16). The number of hydrogen-bond acceptors (Lipinski definition) is 4. The van der Waals surface area contributed by atoms with Gasteiger partial charge in [0.25, 0.3) is 5.91 Å². The van der Waals surface area contributed by atoms with Gasteiger partial charge >= 0.3 is 0 Å². The molecule has 5 heteroatoms. The van der Waals surface area contributed by atoms with Crippen LogP contribution in [0.4, 0.5) is 0 Å². The fourth-order valence-corrected chi connectivity index (χ4v) is 1.22. The highest BCUT2D eigenvalue weighted by atomic mass is 16.5. The van der Waals surface area contributed by atoms with Crippen LogP contribution in [0.3, 0.4) is 0 Å². The van der Waals surface area contributed by atoms with Gasteiger partial charge in [-0.2, -0.15) is 0 Å². The number of hydrogen-bond donors (Lipinski definition) is 2. The third kappa shape index (κ3) is 4.65. The van der Waals surface area contributed by atoms with Crippen LogP contribution in [0.5, 0.6) is 5.75 Å². The first-order valence-electron chi connectivity index (χ1n) is 5.34. The quantitative estimate of drug-likeness (QED) is 0.698. The summed E-state index contributed by atoms with van der Waals surface area (Å²) >= 11 is 0. The zero-order valence-electron chi connectivity index (χ0n) is 9.73. The number of ketones is 1. The lowest BCUT2D eigenvalue weighted by Crippen LogP contribution is -2.32. The Labute approximate surface area is 99.9 Å². The monoisotopic (exact) mass is 236 g/mol. The molecule has 0 bridgehead atoms. The van der Waals surface area contributed by atoms with E-state index in [1.807, 2.05) is 0 Å². The zero-order valence-corrected chi connectivity index (χ0v) is 9.73. The Hall–Kier alpha value is -1.88. The minimum atomic E-state index is -0.233. The highest BCUT2D eigenvalue weighted by Gasteiger charge is 2.04. The van der Waals surface area contributed by atoms with E-state index in [0.717, 1.165) is 0 Å². The molecule has 0 aliphatic rings. The van der Waals surface area contributed by atoms with E-state index in [1.54, 1.807) is 24.3 Å². The average molecular weight is 236 g/mol. The lowest BCUT2D eigenvalue weighted by Gasteiger charge is -2.07. The van der Waals surface area contributed by atoms with E-state index in [0.29, 0.717) is 24.4 Å². The predicted octanol–water partition coefficient (Wildman–Crippen LogP) is 0.343. The fraction of sp³-hybridized carbons (Fsp3) is 0.333. The SMILES string of the molecule is CC(=O)c1cccc(OCC(=O)NCCN)c1. The van der Waals surface area contributed by atoms with Crippen LogP contribution in [-0.2, 0) is 4.79 Å². The van der Waals surface area contributed by atoms with Crippen molar-refractivity contribution >= 4 is 11.7 Å². The molecule has 0 saturated carbocycles. The van der Waals surface area contributed by atoms with Crippen molar-refractivity contribution in [2.24, 2.45) is 5.73 Å². The third-order valence-electron chi connectivity index (χ3n) is 2.08. The molecule has 0 atom stereocenters. The first-order valence-corrected chi connectivity index (χ1v) is 5.34. The molecule has 0 saturated heterocycles. The Balaban J connectivity index is 2.49. The number of amides is 1. The van der Waals surface area contributed by atoms with Crippen LogP contribution in [0.1, 0.15) is 17.3 Å². The molecule has 0 radical (unpaired) electrons. The Morgan fingerprint density at radius 3 is 2.82 bits per heavy atom. The second-order valence-electron chi connectivity index (χ2n) is 3.51. The maximum atomic E-state index is 11.2. The minimum Gasteiger partial charge on any atom is -0.484 e. The van der Waals surface area contributed by atoms with Gasteiger partial charge in [0.2, 0.25) is 0 Å². The van der Waals surface area contributed by atoms with Crippen LogP contribution in [-0.4, -0.2) is 31.4 Å². The summed E-state index contributed by atoms with van der Waals surface area (Å²) in [6.07, 6.45) is 0. The van der Waals surface area contributed by atoms with Crippen molar-refractivity contribution in [1.29, 1.82) is 0 Å². The molecule has 1 aromatic carbocycles. The summed E-state index contributed by atoms with van der Waals surface area (Å²) in [4.78, 5) is 22.4. The molecule has 0 aliphatic heterocycles. The Bertz CT molecular complexity index is 404. The van der Waals surface area contributed by atoms with Gasteiger partial charge < -0.3 is 15.8 Å². The summed E-state index contributed by atoms with van der Waals surface area (Å²) in [5, 5.41) is 2.58. The molecular formula is C12H16N2O3. The van der Waals surface area contributed by atoms with Gasteiger partial charge in [0.15, 0.2) is 12.4 Å². The van der Waals surface area contributed by atoms with Gasteiger partial charge in [-0.3, -0.25) is 9.59 Å². The lowest BCUT2D eigenvalue weighted by atomic mass is 10.1. The second kappa shape index (κ2) is 6.65. The maximum absolute atomic E-state index is 11.2. The number of carbonyl (C=O) groups is 2. The molecule has 17 heavy (non-hydrogen) atoms. The van der Waals surface area contributed by atoms with E-state index < -0.39 is 0 Å². The Morgan fingerprint density at radius 1 is 1.41 bits per heavy atom. The van der Waals surface area contributed by atoms with E-state index in [1.165, 1.54) is 6.92 Å². The van der Waals surface area contributed by atoms with Crippen molar-refractivity contribution < 1.29 is 14.3 Å². The highest BCUT2D eigenvalue weighted by Crippen LogP contribution is 2.13. The molecule has 1 aromatic rings. The first kappa shape index (κ1) is 13.2. The molecule has 0 unspecified atom stereocenters. The van der Waals surface area contributed by atoms with E-state index >= 15 is 0 Å². The number of nitrogens with one attached hydrogen (secondary N) is 1. The molecule has 92 valence electrons. The topological polar surface area (TPSA) is 81.4 Å². The van der Waals surface area contributed by atoms with Crippen molar-refractivity contribution in [3.8, 4) is 5.75 Å². The van der Waals surface area contributed by atoms with Gasteiger partial charge in [0, 0.05) is 18.7 Å². The van der Waals surface area contributed by atoms with Crippen LogP contribution < -0.4 is 15.8 Å². The van der Waals surface area contributed by atoms with Crippen molar-refractivity contribution in [3.63, 3.8) is 0 Å². The molecule has 3 N–H and O–H groups in total. The minimum absolute atomic E-state index is 0.0389. The predicted molar refractivity (Wildman–Crippen MR) is 64.0 cm³/mol. The van der Waals surface area contributed by atoms with E-state index in [-0.39, 0.29) is 18.3 Å². The molecule has 0 heterocycles. The number of carbonyl (C=O) groups excluding carboxylic acids is 2. The largest absolute Gasteiger partial charge is 0.484 e. The molecule has 0 aliphatic carbocycles. The maximum Gasteiger partial charge on any atom is 0.257 e. The molecule has 5 nitrogen and oxygen atoms in total. The fourth-order valence-electron chi connectivity index (χ4n) is 1.22. The van der Waals surface area contributed by atoms with Gasteiger partial charge in [0.1, 0.15) is 5.75 Å². The summed E-state index contributed by atoms with van der Waals surface area (Å²) < 4.78 is 5.25. The van der Waals surface area contributed by atoms with Crippen LogP contribution in [0.2, 0.25) is 0 Å². The summed E-state index contributed by atoms with van der Waals surface area (Å²) in [6, 6.07) is 6.72. The number of ether oxygens (including phenoxy) is 1. The summed E-state index contributed by atoms with van der Waals surface area (Å²) in [5.41, 5.74) is 5.80. The molecule has 0 spiro atoms. The van der Waals surface area contributed by atoms with Gasteiger partial charge in [0.05, 0.1) is 0 Å². The van der Waals surface area contributed by atoms with Crippen LogP contribution in [0.25, 0.3) is 0 Å². The van der Waals surface area contributed by atoms with Gasteiger partial charge in [-0.25, -0.2) is 0 Å². The lowest BCUT2D eigenvalue weighted by molar-refractivity contribution is -0.123.